The van der Waals surface area contributed by atoms with E-state index in [1.807, 2.05) is 37.4 Å². The van der Waals surface area contributed by atoms with Crippen LogP contribution in [0, 0.1) is 11.7 Å². The number of aliphatic imine (C=N–C) groups is 1. The molecule has 0 bridgehead atoms. The Morgan fingerprint density at radius 2 is 2.17 bits per heavy atom. The van der Waals surface area contributed by atoms with Crippen LogP contribution in [-0.4, -0.2) is 38.7 Å². The number of hydrogen-bond acceptors (Lipinski definition) is 5. The van der Waals surface area contributed by atoms with E-state index in [4.69, 9.17) is 4.74 Å². The number of aromatic nitrogens is 1. The van der Waals surface area contributed by atoms with E-state index in [0.717, 1.165) is 16.4 Å². The molecule has 0 amide bonds. The Morgan fingerprint density at radius 3 is 2.76 bits per heavy atom. The summed E-state index contributed by atoms with van der Waals surface area (Å²) in [6.07, 6.45) is 2.37. The Bertz CT molecular complexity index is 825. The number of anilines is 1. The van der Waals surface area contributed by atoms with Crippen molar-refractivity contribution in [3.63, 3.8) is 0 Å². The largest absolute Gasteiger partial charge is 0.490 e. The molecule has 9 heteroatoms. The fourth-order valence-electron chi connectivity index (χ4n) is 2.64. The SMILES string of the molecule is CN=C(NCc1csc(N(C)C)n1)NC(C)c1ccc(OCC2CC2)c(F)c1.I. The van der Waals surface area contributed by atoms with Crippen molar-refractivity contribution >= 4 is 46.4 Å². The van der Waals surface area contributed by atoms with Crippen molar-refractivity contribution in [2.24, 2.45) is 10.9 Å². The number of hydrogen-bond donors (Lipinski definition) is 2. The molecule has 1 saturated carbocycles. The number of rotatable bonds is 8. The van der Waals surface area contributed by atoms with Crippen LogP contribution in [-0.2, 0) is 6.54 Å². The minimum absolute atomic E-state index is 0. The topological polar surface area (TPSA) is 61.8 Å². The van der Waals surface area contributed by atoms with Crippen LogP contribution < -0.4 is 20.3 Å². The molecule has 1 aromatic carbocycles. The zero-order valence-electron chi connectivity index (χ0n) is 17.2. The Morgan fingerprint density at radius 1 is 1.41 bits per heavy atom. The summed E-state index contributed by atoms with van der Waals surface area (Å²) in [7, 11) is 5.66. The summed E-state index contributed by atoms with van der Waals surface area (Å²) in [5.41, 5.74) is 1.79. The lowest BCUT2D eigenvalue weighted by atomic mass is 10.1. The second-order valence-electron chi connectivity index (χ2n) is 7.25. The molecular weight excluding hydrogens is 504 g/mol. The number of thiazole rings is 1. The van der Waals surface area contributed by atoms with Gasteiger partial charge < -0.3 is 20.3 Å². The van der Waals surface area contributed by atoms with Crippen LogP contribution in [0.5, 0.6) is 5.75 Å². The van der Waals surface area contributed by atoms with Gasteiger partial charge in [-0.25, -0.2) is 9.37 Å². The molecule has 29 heavy (non-hydrogen) atoms. The van der Waals surface area contributed by atoms with Gasteiger partial charge in [0.2, 0.25) is 0 Å². The Balaban J connectivity index is 0.00000300. The van der Waals surface area contributed by atoms with Gasteiger partial charge in [-0.3, -0.25) is 4.99 Å². The molecule has 0 radical (unpaired) electrons. The summed E-state index contributed by atoms with van der Waals surface area (Å²) in [4.78, 5) is 10.8. The molecule has 160 valence electrons. The molecule has 1 aliphatic carbocycles. The highest BCUT2D eigenvalue weighted by Crippen LogP contribution is 2.30. The van der Waals surface area contributed by atoms with Crippen LogP contribution in [0.1, 0.15) is 37.1 Å². The van der Waals surface area contributed by atoms with Gasteiger partial charge in [-0.05, 0) is 43.4 Å². The third kappa shape index (κ3) is 6.98. The maximum Gasteiger partial charge on any atom is 0.191 e. The first kappa shape index (κ1) is 23.7. The van der Waals surface area contributed by atoms with Gasteiger partial charge in [-0.2, -0.15) is 0 Å². The van der Waals surface area contributed by atoms with Crippen LogP contribution in [0.3, 0.4) is 0 Å². The number of ether oxygens (including phenoxy) is 1. The third-order valence-electron chi connectivity index (χ3n) is 4.56. The number of halogens is 2. The third-order valence-corrected chi connectivity index (χ3v) is 5.62. The maximum atomic E-state index is 14.3. The van der Waals surface area contributed by atoms with Crippen molar-refractivity contribution in [2.75, 3.05) is 32.6 Å². The highest BCUT2D eigenvalue weighted by molar-refractivity contribution is 14.0. The summed E-state index contributed by atoms with van der Waals surface area (Å²) in [5.74, 6) is 1.24. The summed E-state index contributed by atoms with van der Waals surface area (Å²) in [6, 6.07) is 5.02. The minimum Gasteiger partial charge on any atom is -0.490 e. The molecule has 0 spiro atoms. The molecular formula is C20H29FIN5OS. The number of benzene rings is 1. The van der Waals surface area contributed by atoms with E-state index < -0.39 is 0 Å². The van der Waals surface area contributed by atoms with E-state index in [2.05, 4.69) is 20.6 Å². The maximum absolute atomic E-state index is 14.3. The van der Waals surface area contributed by atoms with Gasteiger partial charge in [0.1, 0.15) is 0 Å². The van der Waals surface area contributed by atoms with Gasteiger partial charge in [0, 0.05) is 26.5 Å². The van der Waals surface area contributed by atoms with Crippen molar-refractivity contribution in [1.29, 1.82) is 0 Å². The first-order valence-corrected chi connectivity index (χ1v) is 10.4. The van der Waals surface area contributed by atoms with E-state index in [1.165, 1.54) is 18.9 Å². The standard InChI is InChI=1S/C20H28FN5OS.HI/c1-13(15-7-8-18(17(21)9-15)27-11-14-5-6-14)24-19(22-2)23-10-16-12-28-20(25-16)26(3)4;/h7-9,12-14H,5-6,10-11H2,1-4H3,(H2,22,23,24);1H. The molecule has 0 saturated heterocycles. The van der Waals surface area contributed by atoms with Crippen LogP contribution in [0.25, 0.3) is 0 Å². The van der Waals surface area contributed by atoms with E-state index in [-0.39, 0.29) is 35.8 Å². The highest BCUT2D eigenvalue weighted by Gasteiger charge is 2.22. The summed E-state index contributed by atoms with van der Waals surface area (Å²) >= 11 is 1.60. The molecule has 1 unspecified atom stereocenters. The summed E-state index contributed by atoms with van der Waals surface area (Å²) in [5, 5.41) is 9.52. The van der Waals surface area contributed by atoms with Gasteiger partial charge in [0.05, 0.1) is 24.9 Å². The number of guanidine groups is 1. The Hall–Kier alpha value is -1.62. The fraction of sp³-hybridized carbons (Fsp3) is 0.500. The van der Waals surface area contributed by atoms with E-state index in [9.17, 15) is 4.39 Å². The lowest BCUT2D eigenvalue weighted by Gasteiger charge is -2.18. The molecule has 0 aliphatic heterocycles. The van der Waals surface area contributed by atoms with E-state index in [1.54, 1.807) is 24.5 Å². The molecule has 1 aromatic heterocycles. The van der Waals surface area contributed by atoms with Crippen molar-refractivity contribution in [1.82, 2.24) is 15.6 Å². The van der Waals surface area contributed by atoms with Gasteiger partial charge >= 0.3 is 0 Å². The summed E-state index contributed by atoms with van der Waals surface area (Å²) < 4.78 is 19.9. The highest BCUT2D eigenvalue weighted by atomic mass is 127. The van der Waals surface area contributed by atoms with Crippen molar-refractivity contribution in [2.45, 2.75) is 32.4 Å². The molecule has 2 N–H and O–H groups in total. The molecule has 3 rings (SSSR count). The molecule has 6 nitrogen and oxygen atoms in total. The van der Waals surface area contributed by atoms with Crippen molar-refractivity contribution in [3.8, 4) is 5.75 Å². The number of nitrogens with zero attached hydrogens (tertiary/aromatic N) is 3. The Labute approximate surface area is 193 Å². The van der Waals surface area contributed by atoms with Gasteiger partial charge in [0.25, 0.3) is 0 Å². The minimum atomic E-state index is -0.326. The fourth-order valence-corrected chi connectivity index (χ4v) is 3.39. The van der Waals surface area contributed by atoms with Crippen molar-refractivity contribution in [3.05, 3.63) is 40.7 Å². The first-order valence-electron chi connectivity index (χ1n) is 9.47. The monoisotopic (exact) mass is 533 g/mol. The quantitative estimate of drug-likeness (QED) is 0.303. The zero-order valence-corrected chi connectivity index (χ0v) is 20.4. The Kier molecular flexibility index (Phi) is 8.94. The van der Waals surface area contributed by atoms with Gasteiger partial charge in [-0.15, -0.1) is 35.3 Å². The molecule has 1 atom stereocenters. The van der Waals surface area contributed by atoms with E-state index >= 15 is 0 Å². The van der Waals surface area contributed by atoms with Gasteiger partial charge in [-0.1, -0.05) is 6.07 Å². The molecule has 1 heterocycles. The average Bonchev–Trinajstić information content (AvgIpc) is 3.38. The lowest BCUT2D eigenvalue weighted by molar-refractivity contribution is 0.285. The molecule has 1 fully saturated rings. The zero-order chi connectivity index (χ0) is 20.1. The summed E-state index contributed by atoms with van der Waals surface area (Å²) in [6.45, 7) is 3.14. The predicted molar refractivity (Wildman–Crippen MR) is 128 cm³/mol. The molecule has 2 aromatic rings. The van der Waals surface area contributed by atoms with Crippen LogP contribution >= 0.6 is 35.3 Å². The van der Waals surface area contributed by atoms with Gasteiger partial charge in [0.15, 0.2) is 22.7 Å². The second-order valence-corrected chi connectivity index (χ2v) is 8.09. The average molecular weight is 533 g/mol. The van der Waals surface area contributed by atoms with E-state index in [0.29, 0.717) is 30.8 Å². The smallest absolute Gasteiger partial charge is 0.191 e. The number of nitrogens with one attached hydrogen (secondary N) is 2. The molecule has 1 aliphatic rings. The van der Waals surface area contributed by atoms with Crippen molar-refractivity contribution < 1.29 is 9.13 Å². The lowest BCUT2D eigenvalue weighted by Crippen LogP contribution is -2.38. The van der Waals surface area contributed by atoms with Crippen LogP contribution in [0.15, 0.2) is 28.6 Å². The van der Waals surface area contributed by atoms with Crippen LogP contribution in [0.2, 0.25) is 0 Å². The normalized spacial score (nSPS) is 14.7. The predicted octanol–water partition coefficient (Wildman–Crippen LogP) is 4.18. The second kappa shape index (κ2) is 11.0. The first-order chi connectivity index (χ1) is 13.5. The van der Waals surface area contributed by atoms with Crippen LogP contribution in [0.4, 0.5) is 9.52 Å².